The van der Waals surface area contributed by atoms with Crippen LogP contribution >= 0.6 is 11.3 Å². The molecule has 1 saturated heterocycles. The van der Waals surface area contributed by atoms with Gasteiger partial charge in [0.1, 0.15) is 5.56 Å². The summed E-state index contributed by atoms with van der Waals surface area (Å²) in [5, 5.41) is 5.79. The minimum Gasteiger partial charge on any atom is -0.462 e. The van der Waals surface area contributed by atoms with Gasteiger partial charge in [0.05, 0.1) is 18.5 Å². The summed E-state index contributed by atoms with van der Waals surface area (Å²) in [4.78, 5) is 30.2. The number of carbonyl (C=O) groups excluding carboxylic acids is 2. The third kappa shape index (κ3) is 5.15. The molecule has 0 radical (unpaired) electrons. The minimum absolute atomic E-state index is 0.0551. The van der Waals surface area contributed by atoms with Gasteiger partial charge in [-0.2, -0.15) is 18.3 Å². The molecule has 0 N–H and O–H groups in total. The Balaban J connectivity index is 1.46. The Morgan fingerprint density at radius 1 is 1.09 bits per heavy atom. The highest BCUT2D eigenvalue weighted by molar-refractivity contribution is 7.09. The van der Waals surface area contributed by atoms with Crippen LogP contribution in [0.15, 0.2) is 48.0 Å². The first-order chi connectivity index (χ1) is 16.3. The molecule has 0 saturated carbocycles. The maximum absolute atomic E-state index is 13.7. The van der Waals surface area contributed by atoms with Gasteiger partial charge in [-0.1, -0.05) is 6.07 Å². The summed E-state index contributed by atoms with van der Waals surface area (Å²) in [7, 11) is 0. The number of amides is 1. The summed E-state index contributed by atoms with van der Waals surface area (Å²) >= 11 is 1.70. The summed E-state index contributed by atoms with van der Waals surface area (Å²) < 4.78 is 46.5. The molecule has 3 heterocycles. The Kier molecular flexibility index (Phi) is 7.03. The zero-order valence-electron chi connectivity index (χ0n) is 18.4. The van der Waals surface area contributed by atoms with Crippen molar-refractivity contribution in [2.45, 2.75) is 19.6 Å². The van der Waals surface area contributed by atoms with Crippen LogP contribution in [0.2, 0.25) is 0 Å². The number of thiophene rings is 1. The molecule has 7 nitrogen and oxygen atoms in total. The molecule has 0 unspecified atom stereocenters. The lowest BCUT2D eigenvalue weighted by Gasteiger charge is -2.34. The van der Waals surface area contributed by atoms with Crippen LogP contribution in [0.1, 0.15) is 38.2 Å². The van der Waals surface area contributed by atoms with Gasteiger partial charge < -0.3 is 9.64 Å². The molecule has 0 atom stereocenters. The van der Waals surface area contributed by atoms with E-state index < -0.39 is 23.4 Å². The second-order valence-corrected chi connectivity index (χ2v) is 8.76. The number of benzene rings is 1. The van der Waals surface area contributed by atoms with Crippen LogP contribution in [-0.2, 0) is 17.5 Å². The van der Waals surface area contributed by atoms with Crippen molar-refractivity contribution in [2.24, 2.45) is 0 Å². The molecule has 0 bridgehead atoms. The molecule has 0 spiro atoms. The molecule has 2 aromatic heterocycles. The monoisotopic (exact) mass is 492 g/mol. The summed E-state index contributed by atoms with van der Waals surface area (Å²) in [5.41, 5.74) is -1.41. The van der Waals surface area contributed by atoms with Crippen molar-refractivity contribution >= 4 is 23.2 Å². The number of aromatic nitrogens is 2. The molecule has 1 fully saturated rings. The highest BCUT2D eigenvalue weighted by atomic mass is 32.1. The number of rotatable bonds is 6. The van der Waals surface area contributed by atoms with Crippen molar-refractivity contribution in [1.82, 2.24) is 19.6 Å². The van der Waals surface area contributed by atoms with Crippen LogP contribution in [0, 0.1) is 0 Å². The number of halogens is 3. The average Bonchev–Trinajstić information content (AvgIpc) is 3.49. The third-order valence-corrected chi connectivity index (χ3v) is 6.37. The molecular weight excluding hydrogens is 469 g/mol. The van der Waals surface area contributed by atoms with Crippen LogP contribution in [0.25, 0.3) is 5.69 Å². The molecule has 1 aliphatic heterocycles. The van der Waals surface area contributed by atoms with Gasteiger partial charge in [-0.25, -0.2) is 9.48 Å². The number of ether oxygens (including phenoxy) is 1. The Hall–Kier alpha value is -3.18. The largest absolute Gasteiger partial charge is 0.462 e. The Bertz CT molecular complexity index is 1140. The van der Waals surface area contributed by atoms with Crippen LogP contribution < -0.4 is 0 Å². The summed E-state index contributed by atoms with van der Waals surface area (Å²) in [5.74, 6) is -1.27. The normalized spacial score (nSPS) is 14.9. The lowest BCUT2D eigenvalue weighted by atomic mass is 10.1. The zero-order valence-corrected chi connectivity index (χ0v) is 19.2. The van der Waals surface area contributed by atoms with E-state index in [1.807, 2.05) is 11.4 Å². The lowest BCUT2D eigenvalue weighted by molar-refractivity contribution is -0.143. The maximum atomic E-state index is 13.7. The number of esters is 1. The smallest absolute Gasteiger partial charge is 0.434 e. The van der Waals surface area contributed by atoms with Gasteiger partial charge in [-0.15, -0.1) is 11.3 Å². The number of carbonyl (C=O) groups is 2. The highest BCUT2D eigenvalue weighted by Crippen LogP contribution is 2.34. The van der Waals surface area contributed by atoms with E-state index in [1.54, 1.807) is 16.2 Å². The first-order valence-corrected chi connectivity index (χ1v) is 11.6. The topological polar surface area (TPSA) is 67.7 Å². The molecule has 11 heteroatoms. The quantitative estimate of drug-likeness (QED) is 0.485. The predicted molar refractivity (Wildman–Crippen MR) is 120 cm³/mol. The van der Waals surface area contributed by atoms with E-state index in [-0.39, 0.29) is 18.2 Å². The summed E-state index contributed by atoms with van der Waals surface area (Å²) in [6.07, 6.45) is -3.98. The SMILES string of the molecule is CCOC(=O)c1cnn(-c2ccc(C(=O)N3CCN(Cc4cccs4)CC3)cc2)c1C(F)(F)F. The van der Waals surface area contributed by atoms with Crippen LogP contribution in [0.3, 0.4) is 0 Å². The fraction of sp³-hybridized carbons (Fsp3) is 0.348. The second-order valence-electron chi connectivity index (χ2n) is 7.73. The number of hydrogen-bond acceptors (Lipinski definition) is 6. The van der Waals surface area contributed by atoms with Crippen LogP contribution in [-0.4, -0.2) is 64.2 Å². The molecule has 1 aromatic carbocycles. The van der Waals surface area contributed by atoms with Crippen LogP contribution in [0.5, 0.6) is 0 Å². The summed E-state index contributed by atoms with van der Waals surface area (Å²) in [6, 6.07) is 9.82. The number of hydrogen-bond donors (Lipinski definition) is 0. The van der Waals surface area contributed by atoms with Crippen molar-refractivity contribution in [3.05, 3.63) is 69.7 Å². The van der Waals surface area contributed by atoms with E-state index in [0.29, 0.717) is 23.3 Å². The van der Waals surface area contributed by atoms with Crippen LogP contribution in [0.4, 0.5) is 13.2 Å². The van der Waals surface area contributed by atoms with Gasteiger partial charge in [0.2, 0.25) is 0 Å². The third-order valence-electron chi connectivity index (χ3n) is 5.51. The lowest BCUT2D eigenvalue weighted by Crippen LogP contribution is -2.48. The van der Waals surface area contributed by atoms with Gasteiger partial charge in [0.25, 0.3) is 5.91 Å². The molecule has 4 rings (SSSR count). The molecule has 180 valence electrons. The number of alkyl halides is 3. The predicted octanol–water partition coefficient (Wildman–Crippen LogP) is 4.09. The van der Waals surface area contributed by atoms with Gasteiger partial charge in [0, 0.05) is 43.2 Å². The van der Waals surface area contributed by atoms with Crippen molar-refractivity contribution in [2.75, 3.05) is 32.8 Å². The average molecular weight is 493 g/mol. The Labute approximate surface area is 198 Å². The second kappa shape index (κ2) is 9.98. The standard InChI is InChI=1S/C23H23F3N4O3S/c1-2-33-22(32)19-14-27-30(20(19)23(24,25)26)17-7-5-16(6-8-17)21(31)29-11-9-28(10-12-29)15-18-4-3-13-34-18/h3-8,13-14H,2,9-12,15H2,1H3. The summed E-state index contributed by atoms with van der Waals surface area (Å²) in [6.45, 7) is 4.96. The Morgan fingerprint density at radius 2 is 1.79 bits per heavy atom. The van der Waals surface area contributed by atoms with Crippen molar-refractivity contribution in [3.8, 4) is 5.69 Å². The van der Waals surface area contributed by atoms with Crippen molar-refractivity contribution in [1.29, 1.82) is 0 Å². The molecule has 0 aliphatic carbocycles. The van der Waals surface area contributed by atoms with E-state index in [4.69, 9.17) is 4.74 Å². The fourth-order valence-corrected chi connectivity index (χ4v) is 4.58. The van der Waals surface area contributed by atoms with E-state index in [2.05, 4.69) is 16.1 Å². The highest BCUT2D eigenvalue weighted by Gasteiger charge is 2.41. The first kappa shape index (κ1) is 24.0. The molecule has 34 heavy (non-hydrogen) atoms. The van der Waals surface area contributed by atoms with E-state index in [0.717, 1.165) is 25.8 Å². The van der Waals surface area contributed by atoms with Gasteiger partial charge in [-0.3, -0.25) is 9.69 Å². The van der Waals surface area contributed by atoms with E-state index in [9.17, 15) is 22.8 Å². The van der Waals surface area contributed by atoms with Gasteiger partial charge >= 0.3 is 12.1 Å². The maximum Gasteiger partial charge on any atom is 0.434 e. The Morgan fingerprint density at radius 3 is 2.38 bits per heavy atom. The van der Waals surface area contributed by atoms with E-state index in [1.165, 1.54) is 36.1 Å². The van der Waals surface area contributed by atoms with Crippen molar-refractivity contribution in [3.63, 3.8) is 0 Å². The molecule has 3 aromatic rings. The number of piperazine rings is 1. The zero-order chi connectivity index (χ0) is 24.3. The molecular formula is C23H23F3N4O3S. The number of nitrogens with zero attached hydrogens (tertiary/aromatic N) is 4. The first-order valence-electron chi connectivity index (χ1n) is 10.7. The fourth-order valence-electron chi connectivity index (χ4n) is 3.84. The molecule has 1 amide bonds. The minimum atomic E-state index is -4.82. The van der Waals surface area contributed by atoms with Crippen molar-refractivity contribution < 1.29 is 27.5 Å². The molecule has 1 aliphatic rings. The van der Waals surface area contributed by atoms with Gasteiger partial charge in [-0.05, 0) is 42.6 Å². The van der Waals surface area contributed by atoms with Gasteiger partial charge in [0.15, 0.2) is 5.69 Å². The van der Waals surface area contributed by atoms with E-state index >= 15 is 0 Å².